The van der Waals surface area contributed by atoms with Crippen molar-refractivity contribution in [1.82, 2.24) is 19.8 Å². The highest BCUT2D eigenvalue weighted by atomic mass is 31.2. The van der Waals surface area contributed by atoms with E-state index in [-0.39, 0.29) is 24.9 Å². The first kappa shape index (κ1) is 36.3. The van der Waals surface area contributed by atoms with E-state index < -0.39 is 86.6 Å². The number of carboxylic acids is 1. The largest absolute Gasteiger partial charge is 0.481 e. The highest BCUT2D eigenvalue weighted by Crippen LogP contribution is 2.51. The van der Waals surface area contributed by atoms with Crippen LogP contribution in [0.1, 0.15) is 45.4 Å². The quantitative estimate of drug-likeness (QED) is 0.149. The second-order valence-corrected chi connectivity index (χ2v) is 12.5. The smallest absolute Gasteiger partial charge is 0.331 e. The molecule has 16 nitrogen and oxygen atoms in total. The number of ether oxygens (including phenoxy) is 3. The molecule has 3 N–H and O–H groups in total. The monoisotopic (exact) mass is 634 g/mol. The van der Waals surface area contributed by atoms with Crippen LogP contribution in [0.5, 0.6) is 0 Å². The summed E-state index contributed by atoms with van der Waals surface area (Å²) >= 11 is 0. The highest BCUT2D eigenvalue weighted by Gasteiger charge is 2.52. The van der Waals surface area contributed by atoms with Crippen molar-refractivity contribution in [2.45, 2.75) is 65.1 Å². The lowest BCUT2D eigenvalue weighted by molar-refractivity contribution is -0.161. The lowest BCUT2D eigenvalue weighted by atomic mass is 9.99. The Morgan fingerprint density at radius 2 is 1.81 bits per heavy atom. The Hall–Kier alpha value is -2.88. The van der Waals surface area contributed by atoms with Crippen LogP contribution in [0.2, 0.25) is 0 Å². The number of nitrogens with one attached hydrogen (secondary N) is 2. The molecule has 43 heavy (non-hydrogen) atoms. The molecule has 2 heterocycles. The summed E-state index contributed by atoms with van der Waals surface area (Å²) in [4.78, 5) is 65.4. The zero-order valence-electron chi connectivity index (χ0n) is 25.4. The second kappa shape index (κ2) is 16.8. The average molecular weight is 635 g/mol. The van der Waals surface area contributed by atoms with Crippen LogP contribution in [0.3, 0.4) is 0 Å². The number of carbonyl (C=O) groups is 3. The molecule has 0 aliphatic carbocycles. The molecule has 1 amide bonds. The molecular weight excluding hydrogens is 591 g/mol. The zero-order chi connectivity index (χ0) is 32.3. The fourth-order valence-electron chi connectivity index (χ4n) is 4.49. The van der Waals surface area contributed by atoms with Crippen molar-refractivity contribution >= 4 is 25.4 Å². The third-order valence-electron chi connectivity index (χ3n) is 6.47. The number of aromatic nitrogens is 2. The molecule has 1 aliphatic rings. The van der Waals surface area contributed by atoms with E-state index in [4.69, 9.17) is 28.4 Å². The first-order valence-corrected chi connectivity index (χ1v) is 15.7. The molecule has 2 rings (SSSR count). The molecule has 0 saturated carbocycles. The Morgan fingerprint density at radius 1 is 1.16 bits per heavy atom. The lowest BCUT2D eigenvalue weighted by Gasteiger charge is -2.28. The van der Waals surface area contributed by atoms with Gasteiger partial charge in [0.2, 0.25) is 5.91 Å². The molecule has 1 fully saturated rings. The Kier molecular flexibility index (Phi) is 14.2. The van der Waals surface area contributed by atoms with Gasteiger partial charge >= 0.3 is 25.2 Å². The first-order valence-electron chi connectivity index (χ1n) is 14.0. The van der Waals surface area contributed by atoms with Crippen molar-refractivity contribution in [3.8, 4) is 0 Å². The Morgan fingerprint density at radius 3 is 2.40 bits per heavy atom. The predicted octanol–water partition coefficient (Wildman–Crippen LogP) is 0.484. The van der Waals surface area contributed by atoms with Gasteiger partial charge in [-0.15, -0.1) is 0 Å². The van der Waals surface area contributed by atoms with Crippen molar-refractivity contribution in [2.24, 2.45) is 5.92 Å². The number of carboxylic acid groups (broad SMARTS) is 1. The van der Waals surface area contributed by atoms with Gasteiger partial charge in [0, 0.05) is 24.8 Å². The fraction of sp³-hybridized carbons (Fsp3) is 0.731. The van der Waals surface area contributed by atoms with Gasteiger partial charge in [0.05, 0.1) is 32.2 Å². The number of H-pyrrole nitrogens is 1. The number of hydrogen-bond acceptors (Lipinski definition) is 12. The van der Waals surface area contributed by atoms with Crippen molar-refractivity contribution in [3.05, 3.63) is 32.6 Å². The van der Waals surface area contributed by atoms with Gasteiger partial charge in [-0.1, -0.05) is 6.92 Å². The number of aliphatic carboxylic acids is 1. The van der Waals surface area contributed by atoms with Crippen molar-refractivity contribution in [3.63, 3.8) is 0 Å². The van der Waals surface area contributed by atoms with E-state index in [1.807, 2.05) is 19.0 Å². The van der Waals surface area contributed by atoms with E-state index in [1.165, 1.54) is 13.1 Å². The van der Waals surface area contributed by atoms with E-state index in [1.54, 1.807) is 20.8 Å². The molecule has 1 saturated heterocycles. The molecule has 0 bridgehead atoms. The summed E-state index contributed by atoms with van der Waals surface area (Å²) in [5.74, 6) is -3.28. The molecule has 244 valence electrons. The zero-order valence-corrected chi connectivity index (χ0v) is 26.3. The van der Waals surface area contributed by atoms with Crippen LogP contribution in [0.4, 0.5) is 0 Å². The van der Waals surface area contributed by atoms with Gasteiger partial charge in [0.1, 0.15) is 18.8 Å². The van der Waals surface area contributed by atoms with E-state index in [2.05, 4.69) is 10.3 Å². The number of nitrogens with zero attached hydrogens (tertiary/aromatic N) is 2. The number of carbonyl (C=O) groups excluding carboxylic acids is 2. The van der Waals surface area contributed by atoms with Gasteiger partial charge in [0.25, 0.3) is 5.56 Å². The third kappa shape index (κ3) is 11.0. The van der Waals surface area contributed by atoms with Crippen LogP contribution < -0.4 is 16.6 Å². The van der Waals surface area contributed by atoms with Crippen LogP contribution >= 0.6 is 7.60 Å². The lowest BCUT2D eigenvalue weighted by Crippen LogP contribution is -2.44. The summed E-state index contributed by atoms with van der Waals surface area (Å²) in [6.07, 6.45) is -4.82. The van der Waals surface area contributed by atoms with Crippen LogP contribution in [-0.2, 0) is 42.2 Å². The molecule has 0 aromatic carbocycles. The Labute approximate surface area is 249 Å². The van der Waals surface area contributed by atoms with Crippen molar-refractivity contribution in [1.29, 1.82) is 0 Å². The Balaban J connectivity index is 2.50. The summed E-state index contributed by atoms with van der Waals surface area (Å²) in [5.41, 5.74) is -1.29. The van der Waals surface area contributed by atoms with E-state index in [9.17, 15) is 28.5 Å². The van der Waals surface area contributed by atoms with Gasteiger partial charge in [-0.05, 0) is 40.8 Å². The van der Waals surface area contributed by atoms with E-state index >= 15 is 0 Å². The number of likely N-dealkylation sites (N-methyl/N-ethyl adjacent to an activating group) is 1. The van der Waals surface area contributed by atoms with Gasteiger partial charge in [-0.3, -0.25) is 33.3 Å². The number of hydrogen-bond donors (Lipinski definition) is 3. The number of aryl methyl sites for hydroxylation is 1. The average Bonchev–Trinajstić information content (AvgIpc) is 3.26. The van der Waals surface area contributed by atoms with Crippen LogP contribution in [0, 0.1) is 12.8 Å². The maximum absolute atomic E-state index is 13.4. The molecule has 17 heteroatoms. The molecular formula is C26H43N4O12P. The van der Waals surface area contributed by atoms with Crippen LogP contribution in [0.25, 0.3) is 0 Å². The van der Waals surface area contributed by atoms with E-state index in [0.29, 0.717) is 13.1 Å². The summed E-state index contributed by atoms with van der Waals surface area (Å²) in [7, 11) is 0.0570. The molecule has 1 aliphatic heterocycles. The number of esters is 1. The number of rotatable bonds is 18. The summed E-state index contributed by atoms with van der Waals surface area (Å²) in [6.45, 7) is 7.04. The van der Waals surface area contributed by atoms with Gasteiger partial charge in [-0.2, -0.15) is 0 Å². The minimum absolute atomic E-state index is 0.104. The number of aromatic amines is 1. The summed E-state index contributed by atoms with van der Waals surface area (Å²) < 4.78 is 43.1. The first-order chi connectivity index (χ1) is 20.2. The van der Waals surface area contributed by atoms with Gasteiger partial charge in [-0.25, -0.2) is 4.79 Å². The number of amides is 1. The summed E-state index contributed by atoms with van der Waals surface area (Å²) in [5, 5.41) is 11.7. The molecule has 2 unspecified atom stereocenters. The van der Waals surface area contributed by atoms with Gasteiger partial charge in [0.15, 0.2) is 12.3 Å². The van der Waals surface area contributed by atoms with Crippen molar-refractivity contribution < 1.29 is 47.3 Å². The minimum Gasteiger partial charge on any atom is -0.481 e. The highest BCUT2D eigenvalue weighted by molar-refractivity contribution is 7.53. The molecule has 5 atom stereocenters. The standard InChI is InChI=1S/C26H43N4O12P/c1-7-39-43(37,40-8-2)15-17(4)21-22(41-20(34)10-9-19(32)33)23(38-14-18(31)27-11-12-29(5)6)25(42-21)30-13-16(3)24(35)28-26(30)36/h13,17,21-23,25H,7-12,14-15H2,1-6H3,(H,27,31)(H,32,33)(H,28,35,36)/t17-,21?,22-,23-,25?/m1/s1. The molecule has 1 aromatic rings. The predicted molar refractivity (Wildman–Crippen MR) is 153 cm³/mol. The SMILES string of the molecule is CCOP(=O)(C[C@@H](C)C1OC(n2cc(C)c(=O)[nH]c2=O)[C@H](OCC(=O)NCCN(C)C)[C@@H]1OC(=O)CCC(=O)O)OCC. The third-order valence-corrected chi connectivity index (χ3v) is 8.79. The van der Waals surface area contributed by atoms with Crippen LogP contribution in [-0.4, -0.2) is 109 Å². The van der Waals surface area contributed by atoms with Crippen molar-refractivity contribution in [2.75, 3.05) is 53.2 Å². The van der Waals surface area contributed by atoms with Crippen LogP contribution in [0.15, 0.2) is 15.8 Å². The maximum atomic E-state index is 13.4. The maximum Gasteiger partial charge on any atom is 0.331 e. The van der Waals surface area contributed by atoms with Gasteiger partial charge < -0.3 is 38.6 Å². The molecule has 0 radical (unpaired) electrons. The normalized spacial score (nSPS) is 21.1. The topological polar surface area (TPSA) is 205 Å². The summed E-state index contributed by atoms with van der Waals surface area (Å²) in [6, 6.07) is 0. The second-order valence-electron chi connectivity index (χ2n) is 10.4. The molecule has 0 spiro atoms. The van der Waals surface area contributed by atoms with E-state index in [0.717, 1.165) is 4.57 Å². The Bertz CT molecular complexity index is 1260. The minimum atomic E-state index is -3.62. The fourth-order valence-corrected chi connectivity index (χ4v) is 6.47. The molecule has 1 aromatic heterocycles.